The Bertz CT molecular complexity index is 556. The molecule has 2 atom stereocenters. The molecule has 0 radical (unpaired) electrons. The summed E-state index contributed by atoms with van der Waals surface area (Å²) in [4.78, 5) is 25.8. The van der Waals surface area contributed by atoms with E-state index in [2.05, 4.69) is 5.32 Å². The molecule has 0 aliphatic heterocycles. The number of hydrogen-bond acceptors (Lipinski definition) is 3. The molecule has 7 heteroatoms. The number of halogens is 2. The molecule has 3 N–H and O–H groups in total. The fraction of sp³-hybridized carbons (Fsp3) is 0.500. The molecule has 2 amide bonds. The number of nitrogens with two attached hydrogens (primary N) is 1. The lowest BCUT2D eigenvalue weighted by molar-refractivity contribution is -0.137. The van der Waals surface area contributed by atoms with Gasteiger partial charge in [0, 0.05) is 18.7 Å². The van der Waals surface area contributed by atoms with E-state index in [0.717, 1.165) is 19.3 Å². The van der Waals surface area contributed by atoms with E-state index in [-0.39, 0.29) is 42.6 Å². The summed E-state index contributed by atoms with van der Waals surface area (Å²) in [5.41, 5.74) is 6.08. The van der Waals surface area contributed by atoms with E-state index >= 15 is 0 Å². The second-order valence-electron chi connectivity index (χ2n) is 5.79. The smallest absolute Gasteiger partial charge is 0.243 e. The summed E-state index contributed by atoms with van der Waals surface area (Å²) < 4.78 is 13.1. The zero-order chi connectivity index (χ0) is 16.1. The third kappa shape index (κ3) is 5.18. The van der Waals surface area contributed by atoms with Crippen LogP contribution in [0.15, 0.2) is 24.3 Å². The fourth-order valence-electron chi connectivity index (χ4n) is 2.99. The minimum Gasteiger partial charge on any atom is -0.336 e. The number of amides is 2. The molecule has 1 aliphatic rings. The van der Waals surface area contributed by atoms with E-state index in [1.54, 1.807) is 13.1 Å². The summed E-state index contributed by atoms with van der Waals surface area (Å²) in [6.45, 7) is 0.447. The standard InChI is InChI=1S/C16H22FN3O2.ClH/c1-20(16(22)14-7-2-4-11(14)9-18)10-15(21)19-13-6-3-5-12(17)8-13;/h3,5-6,8,11,14H,2,4,7,9-10,18H2,1H3,(H,19,21);1H/t11-,14-;/m1./s1. The average molecular weight is 344 g/mol. The minimum absolute atomic E-state index is 0. The average Bonchev–Trinajstić information content (AvgIpc) is 2.94. The first-order chi connectivity index (χ1) is 10.5. The molecular weight excluding hydrogens is 321 g/mol. The van der Waals surface area contributed by atoms with Gasteiger partial charge < -0.3 is 16.0 Å². The highest BCUT2D eigenvalue weighted by molar-refractivity contribution is 5.94. The molecule has 1 aromatic rings. The Morgan fingerprint density at radius 2 is 2.13 bits per heavy atom. The number of nitrogens with one attached hydrogen (secondary N) is 1. The van der Waals surface area contributed by atoms with Crippen LogP contribution in [0.5, 0.6) is 0 Å². The van der Waals surface area contributed by atoms with Crippen molar-refractivity contribution in [1.29, 1.82) is 0 Å². The molecule has 0 saturated heterocycles. The van der Waals surface area contributed by atoms with Crippen molar-refractivity contribution in [2.24, 2.45) is 17.6 Å². The van der Waals surface area contributed by atoms with Crippen molar-refractivity contribution < 1.29 is 14.0 Å². The Morgan fingerprint density at radius 1 is 1.39 bits per heavy atom. The second kappa shape index (κ2) is 8.84. The van der Waals surface area contributed by atoms with E-state index in [0.29, 0.717) is 12.2 Å². The van der Waals surface area contributed by atoms with Crippen molar-refractivity contribution in [2.75, 3.05) is 25.5 Å². The molecule has 0 bridgehead atoms. The topological polar surface area (TPSA) is 75.4 Å². The van der Waals surface area contributed by atoms with Crippen LogP contribution < -0.4 is 11.1 Å². The van der Waals surface area contributed by atoms with Crippen LogP contribution in [-0.4, -0.2) is 36.9 Å². The first-order valence-corrected chi connectivity index (χ1v) is 7.51. The quantitative estimate of drug-likeness (QED) is 0.858. The molecule has 2 rings (SSSR count). The van der Waals surface area contributed by atoms with Crippen molar-refractivity contribution in [1.82, 2.24) is 4.90 Å². The monoisotopic (exact) mass is 343 g/mol. The van der Waals surface area contributed by atoms with Crippen LogP contribution in [0.25, 0.3) is 0 Å². The van der Waals surface area contributed by atoms with Gasteiger partial charge in [-0.1, -0.05) is 12.5 Å². The van der Waals surface area contributed by atoms with E-state index < -0.39 is 5.82 Å². The highest BCUT2D eigenvalue weighted by atomic mass is 35.5. The van der Waals surface area contributed by atoms with E-state index in [9.17, 15) is 14.0 Å². The van der Waals surface area contributed by atoms with Crippen LogP contribution in [0.1, 0.15) is 19.3 Å². The third-order valence-corrected chi connectivity index (χ3v) is 4.14. The third-order valence-electron chi connectivity index (χ3n) is 4.14. The van der Waals surface area contributed by atoms with Crippen LogP contribution in [0, 0.1) is 17.7 Å². The maximum absolute atomic E-state index is 13.1. The number of benzene rings is 1. The van der Waals surface area contributed by atoms with Crippen molar-refractivity contribution in [3.63, 3.8) is 0 Å². The Hall–Kier alpha value is -1.66. The number of anilines is 1. The van der Waals surface area contributed by atoms with Crippen molar-refractivity contribution in [2.45, 2.75) is 19.3 Å². The van der Waals surface area contributed by atoms with Gasteiger partial charge in [0.25, 0.3) is 0 Å². The minimum atomic E-state index is -0.418. The van der Waals surface area contributed by atoms with Gasteiger partial charge in [-0.3, -0.25) is 9.59 Å². The molecule has 0 heterocycles. The van der Waals surface area contributed by atoms with Crippen LogP contribution in [0.2, 0.25) is 0 Å². The molecule has 0 spiro atoms. The maximum atomic E-state index is 13.1. The summed E-state index contributed by atoms with van der Waals surface area (Å²) in [5, 5.41) is 2.59. The van der Waals surface area contributed by atoms with Crippen LogP contribution >= 0.6 is 12.4 Å². The van der Waals surface area contributed by atoms with Gasteiger partial charge in [0.15, 0.2) is 0 Å². The van der Waals surface area contributed by atoms with Gasteiger partial charge in [0.2, 0.25) is 11.8 Å². The highest BCUT2D eigenvalue weighted by Gasteiger charge is 2.34. The van der Waals surface area contributed by atoms with Gasteiger partial charge in [-0.2, -0.15) is 0 Å². The van der Waals surface area contributed by atoms with Crippen LogP contribution in [-0.2, 0) is 9.59 Å². The lowest BCUT2D eigenvalue weighted by atomic mass is 9.95. The van der Waals surface area contributed by atoms with Gasteiger partial charge in [-0.15, -0.1) is 12.4 Å². The van der Waals surface area contributed by atoms with Gasteiger partial charge in [-0.25, -0.2) is 4.39 Å². The molecule has 1 fully saturated rings. The zero-order valence-electron chi connectivity index (χ0n) is 13.1. The van der Waals surface area contributed by atoms with Crippen LogP contribution in [0.3, 0.4) is 0 Å². The molecular formula is C16H23ClFN3O2. The van der Waals surface area contributed by atoms with E-state index in [1.807, 2.05) is 0 Å². The number of carbonyl (C=O) groups excluding carboxylic acids is 2. The van der Waals surface area contributed by atoms with Crippen molar-refractivity contribution in [3.05, 3.63) is 30.1 Å². The lowest BCUT2D eigenvalue weighted by Gasteiger charge is -2.24. The zero-order valence-corrected chi connectivity index (χ0v) is 13.9. The normalized spacial score (nSPS) is 19.8. The molecule has 0 aromatic heterocycles. The lowest BCUT2D eigenvalue weighted by Crippen LogP contribution is -2.40. The molecule has 1 aliphatic carbocycles. The molecule has 128 valence electrons. The highest BCUT2D eigenvalue weighted by Crippen LogP contribution is 2.32. The summed E-state index contributed by atoms with van der Waals surface area (Å²) in [5.74, 6) is -0.678. The van der Waals surface area contributed by atoms with Crippen molar-refractivity contribution >= 4 is 29.9 Å². The van der Waals surface area contributed by atoms with Gasteiger partial charge in [0.1, 0.15) is 5.82 Å². The molecule has 5 nitrogen and oxygen atoms in total. The summed E-state index contributed by atoms with van der Waals surface area (Å²) in [6, 6.07) is 5.66. The SMILES string of the molecule is CN(CC(=O)Nc1cccc(F)c1)C(=O)[C@@H]1CCC[C@@H]1CN.Cl. The Kier molecular flexibility index (Phi) is 7.45. The first kappa shape index (κ1) is 19.4. The number of hydrogen-bond donors (Lipinski definition) is 2. The number of likely N-dealkylation sites (N-methyl/N-ethyl adjacent to an activating group) is 1. The Morgan fingerprint density at radius 3 is 2.78 bits per heavy atom. The molecule has 1 aromatic carbocycles. The Labute approximate surface area is 141 Å². The number of rotatable bonds is 5. The van der Waals surface area contributed by atoms with Crippen LogP contribution in [0.4, 0.5) is 10.1 Å². The van der Waals surface area contributed by atoms with Gasteiger partial charge in [-0.05, 0) is 43.5 Å². The predicted molar refractivity (Wildman–Crippen MR) is 89.8 cm³/mol. The predicted octanol–water partition coefficient (Wildman–Crippen LogP) is 2.02. The summed E-state index contributed by atoms with van der Waals surface area (Å²) >= 11 is 0. The van der Waals surface area contributed by atoms with E-state index in [4.69, 9.17) is 5.73 Å². The molecule has 23 heavy (non-hydrogen) atoms. The fourth-order valence-corrected chi connectivity index (χ4v) is 2.99. The first-order valence-electron chi connectivity index (χ1n) is 7.51. The van der Waals surface area contributed by atoms with Gasteiger partial charge in [0.05, 0.1) is 6.54 Å². The van der Waals surface area contributed by atoms with Gasteiger partial charge >= 0.3 is 0 Å². The largest absolute Gasteiger partial charge is 0.336 e. The summed E-state index contributed by atoms with van der Waals surface area (Å²) in [6.07, 6.45) is 2.80. The van der Waals surface area contributed by atoms with E-state index in [1.165, 1.54) is 23.1 Å². The number of nitrogens with zero attached hydrogens (tertiary/aromatic N) is 1. The Balaban J connectivity index is 0.00000264. The number of carbonyl (C=O) groups is 2. The second-order valence-corrected chi connectivity index (χ2v) is 5.79. The molecule has 0 unspecified atom stereocenters. The van der Waals surface area contributed by atoms with Crippen molar-refractivity contribution in [3.8, 4) is 0 Å². The molecule has 1 saturated carbocycles. The maximum Gasteiger partial charge on any atom is 0.243 e. The summed E-state index contributed by atoms with van der Waals surface area (Å²) in [7, 11) is 1.61.